The van der Waals surface area contributed by atoms with Crippen LogP contribution in [0.3, 0.4) is 0 Å². The molecule has 2 rings (SSSR count). The van der Waals surface area contributed by atoms with Gasteiger partial charge in [-0.1, -0.05) is 30.3 Å². The summed E-state index contributed by atoms with van der Waals surface area (Å²) in [5.41, 5.74) is 0.990. The lowest BCUT2D eigenvalue weighted by Crippen LogP contribution is -2.33. The molecule has 0 aromatic heterocycles. The predicted molar refractivity (Wildman–Crippen MR) is 68.5 cm³/mol. The molecule has 1 aliphatic heterocycles. The highest BCUT2D eigenvalue weighted by atomic mass is 16.5. The molecule has 98 valence electrons. The Kier molecular flexibility index (Phi) is 4.73. The van der Waals surface area contributed by atoms with Crippen molar-refractivity contribution < 1.29 is 14.6 Å². The number of carboxylic acids is 1. The van der Waals surface area contributed by atoms with E-state index >= 15 is 0 Å². The van der Waals surface area contributed by atoms with E-state index in [2.05, 4.69) is 5.32 Å². The molecule has 1 aromatic rings. The molecule has 1 aromatic carbocycles. The van der Waals surface area contributed by atoms with Crippen molar-refractivity contribution in [1.29, 1.82) is 0 Å². The van der Waals surface area contributed by atoms with E-state index < -0.39 is 12.1 Å². The molecular formula is C14H19NO3. The summed E-state index contributed by atoms with van der Waals surface area (Å²) in [5.74, 6) is -0.892. The summed E-state index contributed by atoms with van der Waals surface area (Å²) in [6, 6.07) is 9.89. The van der Waals surface area contributed by atoms with Gasteiger partial charge in [0.25, 0.3) is 0 Å². The second-order valence-corrected chi connectivity index (χ2v) is 4.64. The lowest BCUT2D eigenvalue weighted by atomic mass is 10.1. The zero-order chi connectivity index (χ0) is 12.8. The Balaban J connectivity index is 1.85. The van der Waals surface area contributed by atoms with E-state index in [0.717, 1.165) is 24.9 Å². The summed E-state index contributed by atoms with van der Waals surface area (Å²) in [7, 11) is 0. The minimum absolute atomic E-state index is 0.308. The van der Waals surface area contributed by atoms with Crippen LogP contribution in [0.4, 0.5) is 0 Å². The fraction of sp³-hybridized carbons (Fsp3) is 0.500. The molecule has 4 nitrogen and oxygen atoms in total. The smallest absolute Gasteiger partial charge is 0.333 e. The van der Waals surface area contributed by atoms with Crippen molar-refractivity contribution in [2.75, 3.05) is 13.2 Å². The van der Waals surface area contributed by atoms with Gasteiger partial charge in [0.15, 0.2) is 6.10 Å². The van der Waals surface area contributed by atoms with Crippen molar-refractivity contribution in [1.82, 2.24) is 5.32 Å². The van der Waals surface area contributed by atoms with E-state index in [-0.39, 0.29) is 0 Å². The zero-order valence-corrected chi connectivity index (χ0v) is 10.3. The predicted octanol–water partition coefficient (Wildman–Crippen LogP) is 1.45. The van der Waals surface area contributed by atoms with Gasteiger partial charge in [-0.05, 0) is 24.9 Å². The van der Waals surface area contributed by atoms with Crippen LogP contribution in [0.5, 0.6) is 0 Å². The monoisotopic (exact) mass is 249 g/mol. The lowest BCUT2D eigenvalue weighted by molar-refractivity contribution is -0.150. The van der Waals surface area contributed by atoms with Gasteiger partial charge in [-0.3, -0.25) is 0 Å². The summed E-state index contributed by atoms with van der Waals surface area (Å²) in [5, 5.41) is 12.5. The number of carbonyl (C=O) groups is 1. The van der Waals surface area contributed by atoms with Gasteiger partial charge in [-0.15, -0.1) is 0 Å². The van der Waals surface area contributed by atoms with Gasteiger partial charge >= 0.3 is 5.97 Å². The number of ether oxygens (including phenoxy) is 1. The molecule has 18 heavy (non-hydrogen) atoms. The second-order valence-electron chi connectivity index (χ2n) is 4.64. The van der Waals surface area contributed by atoms with Crippen molar-refractivity contribution in [3.8, 4) is 0 Å². The van der Waals surface area contributed by atoms with E-state index in [4.69, 9.17) is 9.84 Å². The highest BCUT2D eigenvalue weighted by Gasteiger charge is 2.22. The third-order valence-corrected chi connectivity index (χ3v) is 3.20. The van der Waals surface area contributed by atoms with Gasteiger partial charge in [0.1, 0.15) is 0 Å². The van der Waals surface area contributed by atoms with Crippen LogP contribution in [0.1, 0.15) is 18.4 Å². The first-order valence-corrected chi connectivity index (χ1v) is 6.37. The van der Waals surface area contributed by atoms with E-state index in [1.54, 1.807) is 0 Å². The first-order valence-electron chi connectivity index (χ1n) is 6.37. The molecule has 0 bridgehead atoms. The standard InChI is InChI=1S/C14H19NO3/c16-14(17)13(9-11-5-2-1-3-6-11)18-10-12-7-4-8-15-12/h1-3,5-6,12-13,15H,4,7-10H2,(H,16,17)/t12-,13-/m0/s1. The van der Waals surface area contributed by atoms with E-state index in [9.17, 15) is 4.79 Å². The van der Waals surface area contributed by atoms with Crippen LogP contribution < -0.4 is 5.32 Å². The Morgan fingerprint density at radius 3 is 2.83 bits per heavy atom. The normalized spacial score (nSPS) is 20.8. The van der Waals surface area contributed by atoms with Crippen LogP contribution in [0.15, 0.2) is 30.3 Å². The van der Waals surface area contributed by atoms with Crippen LogP contribution in [-0.2, 0) is 16.0 Å². The topological polar surface area (TPSA) is 58.6 Å². The molecule has 0 amide bonds. The summed E-state index contributed by atoms with van der Waals surface area (Å²) >= 11 is 0. The Morgan fingerprint density at radius 2 is 2.22 bits per heavy atom. The van der Waals surface area contributed by atoms with E-state index in [1.165, 1.54) is 0 Å². The van der Waals surface area contributed by atoms with Gasteiger partial charge in [-0.2, -0.15) is 0 Å². The number of hydrogen-bond donors (Lipinski definition) is 2. The Labute approximate surface area is 107 Å². The SMILES string of the molecule is O=C(O)[C@H](Cc1ccccc1)OC[C@@H]1CCCN1. The van der Waals surface area contributed by atoms with Gasteiger partial charge in [0.2, 0.25) is 0 Å². The quantitative estimate of drug-likeness (QED) is 0.801. The molecule has 0 unspecified atom stereocenters. The van der Waals surface area contributed by atoms with Crippen molar-refractivity contribution >= 4 is 5.97 Å². The summed E-state index contributed by atoms with van der Waals surface area (Å²) < 4.78 is 5.53. The molecule has 1 fully saturated rings. The minimum atomic E-state index is -0.892. The minimum Gasteiger partial charge on any atom is -0.479 e. The fourth-order valence-corrected chi connectivity index (χ4v) is 2.18. The number of rotatable bonds is 6. The second kappa shape index (κ2) is 6.52. The molecule has 1 saturated heterocycles. The maximum atomic E-state index is 11.2. The molecule has 1 heterocycles. The molecule has 0 spiro atoms. The van der Waals surface area contributed by atoms with Crippen molar-refractivity contribution in [2.24, 2.45) is 0 Å². The Morgan fingerprint density at radius 1 is 1.44 bits per heavy atom. The number of benzene rings is 1. The average Bonchev–Trinajstić information content (AvgIpc) is 2.88. The number of carboxylic acid groups (broad SMARTS) is 1. The summed E-state index contributed by atoms with van der Waals surface area (Å²) in [4.78, 5) is 11.2. The van der Waals surface area contributed by atoms with E-state index in [1.807, 2.05) is 30.3 Å². The molecule has 4 heteroatoms. The molecule has 0 radical (unpaired) electrons. The van der Waals surface area contributed by atoms with Gasteiger partial charge in [0, 0.05) is 12.5 Å². The first kappa shape index (κ1) is 13.1. The zero-order valence-electron chi connectivity index (χ0n) is 10.3. The van der Waals surface area contributed by atoms with E-state index in [0.29, 0.717) is 19.1 Å². The summed E-state index contributed by atoms with van der Waals surface area (Å²) in [6.45, 7) is 1.48. The maximum absolute atomic E-state index is 11.2. The molecule has 2 N–H and O–H groups in total. The van der Waals surface area contributed by atoms with Gasteiger partial charge in [0.05, 0.1) is 6.61 Å². The average molecular weight is 249 g/mol. The van der Waals surface area contributed by atoms with Crippen LogP contribution in [0.2, 0.25) is 0 Å². The van der Waals surface area contributed by atoms with Crippen LogP contribution >= 0.6 is 0 Å². The van der Waals surface area contributed by atoms with Crippen LogP contribution in [0, 0.1) is 0 Å². The molecule has 1 aliphatic rings. The van der Waals surface area contributed by atoms with Gasteiger partial charge in [-0.25, -0.2) is 4.79 Å². The third kappa shape index (κ3) is 3.82. The molecule has 0 saturated carbocycles. The van der Waals surface area contributed by atoms with Crippen LogP contribution in [0.25, 0.3) is 0 Å². The lowest BCUT2D eigenvalue weighted by Gasteiger charge is -2.17. The van der Waals surface area contributed by atoms with Gasteiger partial charge < -0.3 is 15.2 Å². The Hall–Kier alpha value is -1.39. The number of nitrogens with one attached hydrogen (secondary N) is 1. The fourth-order valence-electron chi connectivity index (χ4n) is 2.18. The van der Waals surface area contributed by atoms with Crippen molar-refractivity contribution in [3.63, 3.8) is 0 Å². The highest BCUT2D eigenvalue weighted by Crippen LogP contribution is 2.10. The largest absolute Gasteiger partial charge is 0.479 e. The molecular weight excluding hydrogens is 230 g/mol. The number of aliphatic carboxylic acids is 1. The highest BCUT2D eigenvalue weighted by molar-refractivity contribution is 5.72. The maximum Gasteiger partial charge on any atom is 0.333 e. The number of hydrogen-bond acceptors (Lipinski definition) is 3. The molecule has 0 aliphatic carbocycles. The van der Waals surface area contributed by atoms with Crippen molar-refractivity contribution in [3.05, 3.63) is 35.9 Å². The first-order chi connectivity index (χ1) is 8.75. The Bertz CT molecular complexity index is 374. The molecule has 2 atom stereocenters. The van der Waals surface area contributed by atoms with Crippen molar-refractivity contribution in [2.45, 2.75) is 31.4 Å². The summed E-state index contributed by atoms with van der Waals surface area (Å²) in [6.07, 6.45) is 1.88. The van der Waals surface area contributed by atoms with Crippen LogP contribution in [-0.4, -0.2) is 36.4 Å². The third-order valence-electron chi connectivity index (χ3n) is 3.20.